The van der Waals surface area contributed by atoms with E-state index in [-0.39, 0.29) is 30.9 Å². The van der Waals surface area contributed by atoms with Crippen molar-refractivity contribution < 1.29 is 41.8 Å². The van der Waals surface area contributed by atoms with Crippen LogP contribution in [-0.4, -0.2) is 91.4 Å². The number of ether oxygens (including phenoxy) is 3. The third-order valence-corrected chi connectivity index (χ3v) is 13.9. The summed E-state index contributed by atoms with van der Waals surface area (Å²) in [5.74, 6) is -0.858. The lowest BCUT2D eigenvalue weighted by Crippen LogP contribution is -2.58. The average molecular weight is 782 g/mol. The van der Waals surface area contributed by atoms with Crippen LogP contribution in [0, 0.1) is 11.3 Å². The van der Waals surface area contributed by atoms with E-state index >= 15 is 0 Å². The molecule has 5 aliphatic rings. The summed E-state index contributed by atoms with van der Waals surface area (Å²) in [5.41, 5.74) is -0.711. The van der Waals surface area contributed by atoms with Gasteiger partial charge in [-0.25, -0.2) is 18.2 Å². The predicted molar refractivity (Wildman–Crippen MR) is 204 cm³/mol. The molecule has 5 bridgehead atoms. The van der Waals surface area contributed by atoms with Gasteiger partial charge in [0.05, 0.1) is 25.5 Å². The molecular formula is C40H55N5O9S. The Balaban J connectivity index is 1.23. The molecule has 4 fully saturated rings. The summed E-state index contributed by atoms with van der Waals surface area (Å²) in [6, 6.07) is 3.86. The first kappa shape index (κ1) is 39.1. The van der Waals surface area contributed by atoms with Gasteiger partial charge in [0.2, 0.25) is 27.7 Å². The van der Waals surface area contributed by atoms with Crippen LogP contribution in [-0.2, 0) is 35.6 Å². The molecule has 2 saturated heterocycles. The van der Waals surface area contributed by atoms with Gasteiger partial charge in [0.15, 0.2) is 0 Å². The van der Waals surface area contributed by atoms with Crippen molar-refractivity contribution in [1.82, 2.24) is 25.2 Å². The number of amides is 4. The van der Waals surface area contributed by atoms with Crippen LogP contribution in [0.3, 0.4) is 0 Å². The van der Waals surface area contributed by atoms with Gasteiger partial charge in [-0.1, -0.05) is 52.4 Å². The van der Waals surface area contributed by atoms with Crippen LogP contribution in [0.25, 0.3) is 10.8 Å². The van der Waals surface area contributed by atoms with Gasteiger partial charge in [-0.2, -0.15) is 0 Å². The number of methoxy groups -OCH3 is 1. The van der Waals surface area contributed by atoms with Gasteiger partial charge in [-0.3, -0.25) is 19.1 Å². The standard InChI is InChI=1S/C40H55N5O9S/c1-39(2)17-10-9-11-26-19-30-25(20-33(26)52-3)16-18-41-35(30)54-28-21-32-34(46)43-40(37(48)44-55(50,51)29-14-15-29)22-27(40)12-7-5-4-6-8-13-31(36(47)45(32)23-28)42-38(49)53-24-39/h16,18-20,27-29,31-32H,4-15,17,21-24H2,1-3H3,(H,42,49)(H,43,46)(H,44,48)/t27-,28-,31+,32+,40-/m1/s1. The maximum absolute atomic E-state index is 14.6. The minimum Gasteiger partial charge on any atom is -0.496 e. The number of benzene rings is 1. The lowest BCUT2D eigenvalue weighted by atomic mass is 9.87. The van der Waals surface area contributed by atoms with Crippen molar-refractivity contribution in [3.63, 3.8) is 0 Å². The number of pyridine rings is 1. The Labute approximate surface area is 323 Å². The number of alkyl carbamates (subject to hydrolysis) is 1. The second-order valence-corrected chi connectivity index (χ2v) is 19.0. The number of carbonyl (C=O) groups excluding carboxylic acids is 4. The van der Waals surface area contributed by atoms with Crippen LogP contribution in [0.1, 0.15) is 109 Å². The van der Waals surface area contributed by atoms with Crippen molar-refractivity contribution in [2.45, 2.75) is 139 Å². The van der Waals surface area contributed by atoms with Crippen molar-refractivity contribution in [2.75, 3.05) is 20.3 Å². The third kappa shape index (κ3) is 8.81. The SMILES string of the molecule is COc1cc2ccnc3c2cc1CCCCC(C)(C)COC(=O)N[C@H]1CCCCCCC[C@@H]2C[C@@]2(C(=O)NS(=O)(=O)C2CC2)NC(=O)[C@@H]2C[C@H](CN2C1=O)O3. The van der Waals surface area contributed by atoms with Gasteiger partial charge in [0, 0.05) is 18.0 Å². The number of hydrogen-bond acceptors (Lipinski definition) is 10. The van der Waals surface area contributed by atoms with E-state index in [1.54, 1.807) is 13.3 Å². The lowest BCUT2D eigenvalue weighted by molar-refractivity contribution is -0.141. The number of aryl methyl sites for hydroxylation is 1. The Kier molecular flexibility index (Phi) is 11.2. The minimum atomic E-state index is -3.86. The normalized spacial score (nSPS) is 29.5. The summed E-state index contributed by atoms with van der Waals surface area (Å²) < 4.78 is 46.1. The first-order chi connectivity index (χ1) is 26.3. The van der Waals surface area contributed by atoms with Crippen molar-refractivity contribution >= 4 is 44.6 Å². The first-order valence-corrected chi connectivity index (χ1v) is 21.6. The summed E-state index contributed by atoms with van der Waals surface area (Å²) in [7, 11) is -2.21. The Bertz CT molecular complexity index is 1920. The summed E-state index contributed by atoms with van der Waals surface area (Å²) >= 11 is 0. The van der Waals surface area contributed by atoms with Crippen molar-refractivity contribution in [1.29, 1.82) is 0 Å². The Morgan fingerprint density at radius 3 is 2.55 bits per heavy atom. The molecule has 4 amide bonds. The zero-order valence-corrected chi connectivity index (χ0v) is 33.0. The fourth-order valence-electron chi connectivity index (χ4n) is 8.54. The molecule has 4 heterocycles. The molecule has 300 valence electrons. The minimum absolute atomic E-state index is 0.0247. The molecular weight excluding hydrogens is 727 g/mol. The van der Waals surface area contributed by atoms with Gasteiger partial charge < -0.3 is 29.7 Å². The highest BCUT2D eigenvalue weighted by Crippen LogP contribution is 2.48. The molecule has 2 saturated carbocycles. The molecule has 2 aromatic rings. The number of cyclic esters (lactones) is 1. The molecule has 5 atom stereocenters. The molecule has 3 N–H and O–H groups in total. The Morgan fingerprint density at radius 1 is 1.02 bits per heavy atom. The lowest BCUT2D eigenvalue weighted by Gasteiger charge is -2.30. The van der Waals surface area contributed by atoms with Gasteiger partial charge in [-0.15, -0.1) is 0 Å². The van der Waals surface area contributed by atoms with E-state index in [0.717, 1.165) is 73.5 Å². The highest BCUT2D eigenvalue weighted by molar-refractivity contribution is 7.91. The molecule has 3 aliphatic heterocycles. The van der Waals surface area contributed by atoms with Crippen molar-refractivity contribution in [3.05, 3.63) is 30.0 Å². The smallest absolute Gasteiger partial charge is 0.407 e. The monoisotopic (exact) mass is 781 g/mol. The van der Waals surface area contributed by atoms with Crippen LogP contribution in [0.15, 0.2) is 24.4 Å². The van der Waals surface area contributed by atoms with Gasteiger partial charge in [-0.05, 0) is 91.8 Å². The summed E-state index contributed by atoms with van der Waals surface area (Å²) in [6.45, 7) is 4.30. The number of nitrogens with zero attached hydrogens (tertiary/aromatic N) is 2. The number of carbonyl (C=O) groups is 4. The van der Waals surface area contributed by atoms with Crippen molar-refractivity contribution in [3.8, 4) is 11.6 Å². The summed E-state index contributed by atoms with van der Waals surface area (Å²) in [5, 5.41) is 6.83. The van der Waals surface area contributed by atoms with Crippen LogP contribution in [0.4, 0.5) is 4.79 Å². The van der Waals surface area contributed by atoms with Crippen LogP contribution >= 0.6 is 0 Å². The molecule has 0 radical (unpaired) electrons. The first-order valence-electron chi connectivity index (χ1n) is 20.0. The number of aromatic nitrogens is 1. The van der Waals surface area contributed by atoms with Crippen LogP contribution in [0.2, 0.25) is 0 Å². The van der Waals surface area contributed by atoms with E-state index in [0.29, 0.717) is 44.4 Å². The fraction of sp³-hybridized carbons (Fsp3) is 0.675. The van der Waals surface area contributed by atoms with Crippen LogP contribution < -0.4 is 24.8 Å². The molecule has 14 nitrogen and oxygen atoms in total. The quantitative estimate of drug-likeness (QED) is 0.395. The molecule has 1 aromatic heterocycles. The second kappa shape index (κ2) is 15.8. The van der Waals surface area contributed by atoms with E-state index in [4.69, 9.17) is 14.2 Å². The molecule has 0 spiro atoms. The zero-order valence-electron chi connectivity index (χ0n) is 32.2. The summed E-state index contributed by atoms with van der Waals surface area (Å²) in [4.78, 5) is 62.2. The molecule has 1 aromatic carbocycles. The van der Waals surface area contributed by atoms with Gasteiger partial charge in [0.1, 0.15) is 29.5 Å². The molecule has 7 rings (SSSR count). The largest absolute Gasteiger partial charge is 0.496 e. The number of nitrogens with one attached hydrogen (secondary N) is 3. The van der Waals surface area contributed by atoms with E-state index in [1.807, 2.05) is 18.2 Å². The fourth-order valence-corrected chi connectivity index (χ4v) is 9.91. The summed E-state index contributed by atoms with van der Waals surface area (Å²) in [6.07, 6.45) is 10.1. The number of rotatable bonds is 4. The van der Waals surface area contributed by atoms with E-state index in [9.17, 15) is 27.6 Å². The maximum atomic E-state index is 14.6. The molecule has 55 heavy (non-hydrogen) atoms. The second-order valence-electron chi connectivity index (χ2n) is 17.0. The van der Waals surface area contributed by atoms with Gasteiger partial charge in [0.25, 0.3) is 5.91 Å². The number of fused-ring (bicyclic) bond motifs is 4. The van der Waals surface area contributed by atoms with Gasteiger partial charge >= 0.3 is 6.09 Å². The van der Waals surface area contributed by atoms with Crippen LogP contribution in [0.5, 0.6) is 11.6 Å². The average Bonchev–Trinajstić information content (AvgIpc) is 4.07. The number of hydrogen-bond donors (Lipinski definition) is 3. The van der Waals surface area contributed by atoms with E-state index < -0.39 is 62.8 Å². The topological polar surface area (TPSA) is 182 Å². The Morgan fingerprint density at radius 2 is 1.78 bits per heavy atom. The number of sulfonamides is 1. The maximum Gasteiger partial charge on any atom is 0.407 e. The molecule has 2 aliphatic carbocycles. The predicted octanol–water partition coefficient (Wildman–Crippen LogP) is 4.67. The van der Waals surface area contributed by atoms with Crippen molar-refractivity contribution in [2.24, 2.45) is 11.3 Å². The molecule has 0 unspecified atom stereocenters. The molecule has 15 heteroatoms. The third-order valence-electron chi connectivity index (χ3n) is 12.1. The van der Waals surface area contributed by atoms with E-state index in [2.05, 4.69) is 34.2 Å². The zero-order chi connectivity index (χ0) is 39.0. The Hall–Kier alpha value is -4.14. The highest BCUT2D eigenvalue weighted by Gasteiger charge is 2.62. The highest BCUT2D eigenvalue weighted by atomic mass is 32.2. The van der Waals surface area contributed by atoms with E-state index in [1.165, 1.54) is 4.90 Å².